The number of benzene rings is 2. The van der Waals surface area contributed by atoms with Crippen LogP contribution in [0.4, 0.5) is 0 Å². The second-order valence-corrected chi connectivity index (χ2v) is 10.8. The van der Waals surface area contributed by atoms with Gasteiger partial charge < -0.3 is 4.90 Å². The fourth-order valence-corrected chi connectivity index (χ4v) is 5.78. The molecule has 29 heavy (non-hydrogen) atoms. The first kappa shape index (κ1) is 22.2. The van der Waals surface area contributed by atoms with Crippen molar-refractivity contribution in [3.8, 4) is 0 Å². The van der Waals surface area contributed by atoms with Gasteiger partial charge in [0, 0.05) is 36.5 Å². The Morgan fingerprint density at radius 2 is 1.66 bits per heavy atom. The van der Waals surface area contributed by atoms with Gasteiger partial charge in [-0.1, -0.05) is 54.1 Å². The number of carbonyl (C=O) groups is 1. The molecule has 2 aromatic rings. The summed E-state index contributed by atoms with van der Waals surface area (Å²) in [7, 11) is -3.37. The zero-order valence-corrected chi connectivity index (χ0v) is 18.7. The van der Waals surface area contributed by atoms with Crippen molar-refractivity contribution in [1.29, 1.82) is 0 Å². The van der Waals surface area contributed by atoms with Crippen LogP contribution in [0.3, 0.4) is 0 Å². The highest BCUT2D eigenvalue weighted by molar-refractivity contribution is 8.00. The van der Waals surface area contributed by atoms with E-state index in [0.29, 0.717) is 37.0 Å². The van der Waals surface area contributed by atoms with Crippen molar-refractivity contribution in [3.05, 3.63) is 70.7 Å². The summed E-state index contributed by atoms with van der Waals surface area (Å²) in [5.74, 6) is 0.424. The van der Waals surface area contributed by atoms with Gasteiger partial charge in [-0.3, -0.25) is 4.79 Å². The normalized spacial score (nSPS) is 16.6. The molecule has 1 heterocycles. The molecule has 1 atom stereocenters. The molecule has 2 aromatic carbocycles. The minimum atomic E-state index is -3.37. The minimum absolute atomic E-state index is 0.00373. The zero-order valence-electron chi connectivity index (χ0n) is 16.3. The van der Waals surface area contributed by atoms with Crippen LogP contribution in [0.1, 0.15) is 23.3 Å². The van der Waals surface area contributed by atoms with Crippen molar-refractivity contribution in [3.63, 3.8) is 0 Å². The third-order valence-corrected chi connectivity index (χ3v) is 8.26. The van der Waals surface area contributed by atoms with Crippen LogP contribution in [0.25, 0.3) is 0 Å². The molecule has 1 amide bonds. The van der Waals surface area contributed by atoms with E-state index in [0.717, 1.165) is 11.1 Å². The first-order valence-corrected chi connectivity index (χ1v) is 12.6. The molecule has 0 spiro atoms. The Hall–Kier alpha value is -1.54. The quantitative estimate of drug-likeness (QED) is 0.641. The lowest BCUT2D eigenvalue weighted by Crippen LogP contribution is -2.51. The third kappa shape index (κ3) is 6.22. The van der Waals surface area contributed by atoms with E-state index in [1.165, 1.54) is 4.31 Å². The number of hydrogen-bond donors (Lipinski definition) is 0. The van der Waals surface area contributed by atoms with E-state index < -0.39 is 10.0 Å². The first-order valence-electron chi connectivity index (χ1n) is 9.52. The van der Waals surface area contributed by atoms with Gasteiger partial charge in [0.25, 0.3) is 0 Å². The van der Waals surface area contributed by atoms with Crippen LogP contribution in [0.2, 0.25) is 5.02 Å². The molecular formula is C21H25ClN2O3S2. The van der Waals surface area contributed by atoms with Crippen molar-refractivity contribution in [2.45, 2.75) is 17.9 Å². The minimum Gasteiger partial charge on any atom is -0.339 e. The molecule has 0 saturated carbocycles. The Labute approximate surface area is 182 Å². The second kappa shape index (κ2) is 9.98. The molecule has 5 nitrogen and oxygen atoms in total. The average Bonchev–Trinajstić information content (AvgIpc) is 2.73. The predicted molar refractivity (Wildman–Crippen MR) is 120 cm³/mol. The van der Waals surface area contributed by atoms with E-state index in [4.69, 9.17) is 11.6 Å². The number of nitrogens with zero attached hydrogens (tertiary/aromatic N) is 2. The highest BCUT2D eigenvalue weighted by Gasteiger charge is 2.29. The van der Waals surface area contributed by atoms with Crippen molar-refractivity contribution in [2.75, 3.05) is 31.9 Å². The van der Waals surface area contributed by atoms with Gasteiger partial charge in [0.2, 0.25) is 15.9 Å². The number of carbonyl (C=O) groups excluding carboxylic acids is 1. The lowest BCUT2D eigenvalue weighted by Gasteiger charge is -2.34. The van der Waals surface area contributed by atoms with Crippen LogP contribution in [0.15, 0.2) is 54.6 Å². The average molecular weight is 453 g/mol. The molecule has 1 aliphatic heterocycles. The summed E-state index contributed by atoms with van der Waals surface area (Å²) in [6, 6.07) is 16.8. The Balaban J connectivity index is 1.47. The number of piperazine rings is 1. The fraction of sp³-hybridized carbons (Fsp3) is 0.381. The van der Waals surface area contributed by atoms with E-state index in [-0.39, 0.29) is 16.9 Å². The molecule has 1 aliphatic rings. The summed E-state index contributed by atoms with van der Waals surface area (Å²) in [6.07, 6.45) is 0. The van der Waals surface area contributed by atoms with Crippen molar-refractivity contribution < 1.29 is 13.2 Å². The highest BCUT2D eigenvalue weighted by Crippen LogP contribution is 2.29. The van der Waals surface area contributed by atoms with Crippen LogP contribution in [0.5, 0.6) is 0 Å². The van der Waals surface area contributed by atoms with Crippen LogP contribution in [-0.4, -0.2) is 55.5 Å². The van der Waals surface area contributed by atoms with E-state index in [2.05, 4.69) is 6.92 Å². The molecule has 0 bridgehead atoms. The molecule has 3 rings (SSSR count). The summed E-state index contributed by atoms with van der Waals surface area (Å²) >= 11 is 7.50. The van der Waals surface area contributed by atoms with Crippen LogP contribution in [-0.2, 0) is 20.6 Å². The van der Waals surface area contributed by atoms with Crippen LogP contribution in [0, 0.1) is 0 Å². The largest absolute Gasteiger partial charge is 0.339 e. The second-order valence-electron chi connectivity index (χ2n) is 7.03. The molecule has 156 valence electrons. The molecular weight excluding hydrogens is 428 g/mol. The smallest absolute Gasteiger partial charge is 0.232 e. The van der Waals surface area contributed by atoms with Gasteiger partial charge in [0.05, 0.1) is 11.5 Å². The van der Waals surface area contributed by atoms with E-state index in [9.17, 15) is 13.2 Å². The van der Waals surface area contributed by atoms with Crippen LogP contribution >= 0.6 is 23.4 Å². The third-order valence-electron chi connectivity index (χ3n) is 4.97. The molecule has 1 fully saturated rings. The van der Waals surface area contributed by atoms with Gasteiger partial charge in [0.15, 0.2) is 0 Å². The molecule has 0 aromatic heterocycles. The summed E-state index contributed by atoms with van der Waals surface area (Å²) in [6.45, 7) is 3.62. The van der Waals surface area contributed by atoms with Crippen LogP contribution < -0.4 is 0 Å². The van der Waals surface area contributed by atoms with Gasteiger partial charge in [0.1, 0.15) is 0 Å². The monoisotopic (exact) mass is 452 g/mol. The van der Waals surface area contributed by atoms with Crippen molar-refractivity contribution >= 4 is 39.3 Å². The summed E-state index contributed by atoms with van der Waals surface area (Å²) in [5.41, 5.74) is 1.91. The van der Waals surface area contributed by atoms with Gasteiger partial charge in [-0.25, -0.2) is 8.42 Å². The SMILES string of the molecule is CC(SCC(=O)N1CCN(S(=O)(=O)Cc2ccccc2)CC1)c1ccc(Cl)cc1. The molecule has 1 unspecified atom stereocenters. The van der Waals surface area contributed by atoms with E-state index in [1.807, 2.05) is 54.6 Å². The lowest BCUT2D eigenvalue weighted by molar-refractivity contribution is -0.129. The van der Waals surface area contributed by atoms with Gasteiger partial charge in [-0.2, -0.15) is 4.31 Å². The Morgan fingerprint density at radius 3 is 2.28 bits per heavy atom. The summed E-state index contributed by atoms with van der Waals surface area (Å²) in [4.78, 5) is 14.3. The Bertz CT molecular complexity index is 913. The van der Waals surface area contributed by atoms with Gasteiger partial charge in [-0.05, 0) is 30.2 Å². The number of hydrogen-bond acceptors (Lipinski definition) is 4. The molecule has 1 saturated heterocycles. The van der Waals surface area contributed by atoms with Crippen molar-refractivity contribution in [2.24, 2.45) is 0 Å². The van der Waals surface area contributed by atoms with E-state index >= 15 is 0 Å². The topological polar surface area (TPSA) is 57.7 Å². The zero-order chi connectivity index (χ0) is 20.9. The standard InChI is InChI=1S/C21H25ClN2O3S2/c1-17(19-7-9-20(22)10-8-19)28-15-21(25)23-11-13-24(14-12-23)29(26,27)16-18-5-3-2-4-6-18/h2-10,17H,11-16H2,1H3. The Morgan fingerprint density at radius 1 is 1.03 bits per heavy atom. The van der Waals surface area contributed by atoms with Gasteiger partial charge >= 0.3 is 0 Å². The first-order chi connectivity index (χ1) is 13.8. The maximum absolute atomic E-state index is 12.6. The number of rotatable bonds is 7. The lowest BCUT2D eigenvalue weighted by atomic mass is 10.2. The molecule has 0 aliphatic carbocycles. The maximum atomic E-state index is 12.6. The number of amides is 1. The summed E-state index contributed by atoms with van der Waals surface area (Å²) < 4.78 is 26.8. The number of halogens is 1. The maximum Gasteiger partial charge on any atom is 0.232 e. The highest BCUT2D eigenvalue weighted by atomic mass is 35.5. The summed E-state index contributed by atoms with van der Waals surface area (Å²) in [5, 5.41) is 0.880. The molecule has 0 N–H and O–H groups in total. The Kier molecular flexibility index (Phi) is 7.62. The number of sulfonamides is 1. The molecule has 8 heteroatoms. The number of thioether (sulfide) groups is 1. The fourth-order valence-electron chi connectivity index (χ4n) is 3.21. The molecule has 0 radical (unpaired) electrons. The van der Waals surface area contributed by atoms with Crippen molar-refractivity contribution in [1.82, 2.24) is 9.21 Å². The predicted octanol–water partition coefficient (Wildman–Crippen LogP) is 3.81. The van der Waals surface area contributed by atoms with Gasteiger partial charge in [-0.15, -0.1) is 11.8 Å². The van der Waals surface area contributed by atoms with E-state index in [1.54, 1.807) is 16.7 Å².